The summed E-state index contributed by atoms with van der Waals surface area (Å²) in [6.45, 7) is 1.95. The number of thioether (sulfide) groups is 1. The number of nitro benzene ring substituents is 1. The third kappa shape index (κ3) is 5.47. The van der Waals surface area contributed by atoms with Crippen LogP contribution in [0.25, 0.3) is 0 Å². The third-order valence-corrected chi connectivity index (χ3v) is 5.28. The molecule has 0 radical (unpaired) electrons. The number of anilines is 1. The van der Waals surface area contributed by atoms with Gasteiger partial charge in [0.1, 0.15) is 0 Å². The molecule has 1 amide bonds. The molecule has 0 saturated carbocycles. The first-order valence-electron chi connectivity index (χ1n) is 7.35. The summed E-state index contributed by atoms with van der Waals surface area (Å²) in [6.07, 6.45) is 0. The molecule has 0 fully saturated rings. The predicted octanol–water partition coefficient (Wildman–Crippen LogP) is 4.55. The highest BCUT2D eigenvalue weighted by Gasteiger charge is 2.15. The first-order chi connectivity index (χ1) is 11.9. The lowest BCUT2D eigenvalue weighted by Gasteiger charge is -2.08. The molecule has 0 aliphatic rings. The molecule has 1 N–H and O–H groups in total. The van der Waals surface area contributed by atoms with Crippen molar-refractivity contribution in [2.45, 2.75) is 12.7 Å². The van der Waals surface area contributed by atoms with Crippen molar-refractivity contribution in [3.63, 3.8) is 0 Å². The quantitative estimate of drug-likeness (QED) is 0.520. The lowest BCUT2D eigenvalue weighted by Crippen LogP contribution is -2.14. The number of benzene rings is 2. The second kappa shape index (κ2) is 8.87. The van der Waals surface area contributed by atoms with Gasteiger partial charge in [-0.05, 0) is 42.3 Å². The van der Waals surface area contributed by atoms with Gasteiger partial charge in [0, 0.05) is 22.0 Å². The summed E-state index contributed by atoms with van der Waals surface area (Å²) >= 11 is 4.81. The maximum absolute atomic E-state index is 12.0. The van der Waals surface area contributed by atoms with Crippen LogP contribution < -0.4 is 10.1 Å². The maximum Gasteiger partial charge on any atom is 0.311 e. The number of hydrogen-bond donors (Lipinski definition) is 1. The van der Waals surface area contributed by atoms with E-state index in [-0.39, 0.29) is 23.1 Å². The molecule has 132 valence electrons. The molecule has 2 aromatic carbocycles. The zero-order valence-corrected chi connectivity index (χ0v) is 16.1. The zero-order chi connectivity index (χ0) is 18.4. The summed E-state index contributed by atoms with van der Waals surface area (Å²) in [6, 6.07) is 10.4. The Bertz CT molecular complexity index is 798. The van der Waals surface area contributed by atoms with Crippen molar-refractivity contribution in [1.29, 1.82) is 0 Å². The molecule has 0 aliphatic carbocycles. The van der Waals surface area contributed by atoms with Gasteiger partial charge in [0.15, 0.2) is 5.75 Å². The van der Waals surface area contributed by atoms with Gasteiger partial charge in [0.05, 0.1) is 17.8 Å². The van der Waals surface area contributed by atoms with Crippen LogP contribution in [0.4, 0.5) is 11.4 Å². The molecule has 0 spiro atoms. The molecule has 0 saturated heterocycles. The molecule has 0 aliphatic heterocycles. The number of nitrogens with one attached hydrogen (secondary N) is 1. The van der Waals surface area contributed by atoms with Crippen molar-refractivity contribution >= 4 is 45.0 Å². The van der Waals surface area contributed by atoms with Crippen LogP contribution in [0.5, 0.6) is 5.75 Å². The number of methoxy groups -OCH3 is 1. The van der Waals surface area contributed by atoms with Crippen LogP contribution in [-0.4, -0.2) is 23.7 Å². The lowest BCUT2D eigenvalue weighted by atomic mass is 10.2. The number of rotatable bonds is 7. The van der Waals surface area contributed by atoms with Crippen molar-refractivity contribution in [1.82, 2.24) is 0 Å². The average Bonchev–Trinajstić information content (AvgIpc) is 2.58. The summed E-state index contributed by atoms with van der Waals surface area (Å²) in [4.78, 5) is 22.5. The smallest absolute Gasteiger partial charge is 0.311 e. The fourth-order valence-corrected chi connectivity index (χ4v) is 3.17. The topological polar surface area (TPSA) is 81.5 Å². The number of halogens is 1. The molecule has 2 aromatic rings. The second-order valence-electron chi connectivity index (χ2n) is 5.27. The summed E-state index contributed by atoms with van der Waals surface area (Å²) in [7, 11) is 1.39. The van der Waals surface area contributed by atoms with E-state index < -0.39 is 4.92 Å². The Labute approximate surface area is 158 Å². The van der Waals surface area contributed by atoms with Crippen LogP contribution in [0, 0.1) is 17.0 Å². The number of ether oxygens (including phenoxy) is 1. The Morgan fingerprint density at radius 3 is 2.72 bits per heavy atom. The summed E-state index contributed by atoms with van der Waals surface area (Å²) in [5, 5.41) is 13.9. The van der Waals surface area contributed by atoms with Gasteiger partial charge in [-0.2, -0.15) is 0 Å². The molecule has 0 bridgehead atoms. The van der Waals surface area contributed by atoms with Gasteiger partial charge < -0.3 is 10.1 Å². The van der Waals surface area contributed by atoms with E-state index >= 15 is 0 Å². The van der Waals surface area contributed by atoms with E-state index in [1.807, 2.05) is 25.1 Å². The third-order valence-electron chi connectivity index (χ3n) is 3.38. The van der Waals surface area contributed by atoms with Gasteiger partial charge in [-0.15, -0.1) is 11.8 Å². The number of carbonyl (C=O) groups is 1. The van der Waals surface area contributed by atoms with Crippen molar-refractivity contribution in [3.8, 4) is 5.75 Å². The number of aryl methyl sites for hydroxylation is 1. The van der Waals surface area contributed by atoms with E-state index in [9.17, 15) is 14.9 Å². The molecule has 6 nitrogen and oxygen atoms in total. The molecule has 0 heterocycles. The minimum Gasteiger partial charge on any atom is -0.490 e. The minimum atomic E-state index is -0.477. The SMILES string of the molecule is COc1ccc(CSCC(=O)Nc2ccc(Br)c(C)c2)cc1[N+](=O)[O-]. The van der Waals surface area contributed by atoms with Crippen molar-refractivity contribution in [3.05, 3.63) is 62.1 Å². The fourth-order valence-electron chi connectivity index (χ4n) is 2.15. The Kier molecular flexibility index (Phi) is 6.83. The monoisotopic (exact) mass is 424 g/mol. The highest BCUT2D eigenvalue weighted by molar-refractivity contribution is 9.10. The number of hydrogen-bond acceptors (Lipinski definition) is 5. The van der Waals surface area contributed by atoms with E-state index in [2.05, 4.69) is 21.2 Å². The Balaban J connectivity index is 1.89. The molecule has 25 heavy (non-hydrogen) atoms. The first-order valence-corrected chi connectivity index (χ1v) is 9.30. The van der Waals surface area contributed by atoms with Crippen LogP contribution in [0.1, 0.15) is 11.1 Å². The first kappa shape index (κ1) is 19.3. The lowest BCUT2D eigenvalue weighted by molar-refractivity contribution is -0.385. The normalized spacial score (nSPS) is 10.4. The van der Waals surface area contributed by atoms with Gasteiger partial charge in [-0.25, -0.2) is 0 Å². The molecule has 2 rings (SSSR count). The summed E-state index contributed by atoms with van der Waals surface area (Å²) in [5.74, 6) is 0.865. The summed E-state index contributed by atoms with van der Waals surface area (Å²) < 4.78 is 5.96. The Morgan fingerprint density at radius 1 is 1.32 bits per heavy atom. The highest BCUT2D eigenvalue weighted by atomic mass is 79.9. The van der Waals surface area contributed by atoms with E-state index in [4.69, 9.17) is 4.74 Å². The van der Waals surface area contributed by atoms with Crippen LogP contribution in [0.15, 0.2) is 40.9 Å². The number of amides is 1. The fraction of sp³-hybridized carbons (Fsp3) is 0.235. The molecule has 0 unspecified atom stereocenters. The predicted molar refractivity (Wildman–Crippen MR) is 103 cm³/mol. The van der Waals surface area contributed by atoms with E-state index in [1.54, 1.807) is 12.1 Å². The minimum absolute atomic E-state index is 0.0737. The van der Waals surface area contributed by atoms with Crippen LogP contribution in [0.2, 0.25) is 0 Å². The van der Waals surface area contributed by atoms with Gasteiger partial charge >= 0.3 is 5.69 Å². The van der Waals surface area contributed by atoms with Gasteiger partial charge in [-0.1, -0.05) is 22.0 Å². The van der Waals surface area contributed by atoms with Gasteiger partial charge in [0.2, 0.25) is 5.91 Å². The zero-order valence-electron chi connectivity index (χ0n) is 13.7. The number of carbonyl (C=O) groups excluding carboxylic acids is 1. The molecule has 0 aromatic heterocycles. The van der Waals surface area contributed by atoms with Crippen molar-refractivity contribution in [2.24, 2.45) is 0 Å². The van der Waals surface area contributed by atoms with Gasteiger partial charge in [-0.3, -0.25) is 14.9 Å². The van der Waals surface area contributed by atoms with Crippen LogP contribution >= 0.6 is 27.7 Å². The number of nitro groups is 1. The molecule has 0 atom stereocenters. The summed E-state index contributed by atoms with van der Waals surface area (Å²) in [5.41, 5.74) is 2.47. The largest absolute Gasteiger partial charge is 0.490 e. The number of nitrogens with zero attached hydrogens (tertiary/aromatic N) is 1. The van der Waals surface area contributed by atoms with Gasteiger partial charge in [0.25, 0.3) is 0 Å². The Hall–Kier alpha value is -2.06. The van der Waals surface area contributed by atoms with E-state index in [0.29, 0.717) is 5.75 Å². The molecular formula is C17H17BrN2O4S. The van der Waals surface area contributed by atoms with E-state index in [0.717, 1.165) is 21.3 Å². The second-order valence-corrected chi connectivity index (χ2v) is 7.11. The van der Waals surface area contributed by atoms with Crippen molar-refractivity contribution in [2.75, 3.05) is 18.2 Å². The maximum atomic E-state index is 12.0. The van der Waals surface area contributed by atoms with Crippen LogP contribution in [0.3, 0.4) is 0 Å². The highest BCUT2D eigenvalue weighted by Crippen LogP contribution is 2.29. The van der Waals surface area contributed by atoms with Crippen molar-refractivity contribution < 1.29 is 14.5 Å². The average molecular weight is 425 g/mol. The molecule has 8 heteroatoms. The Morgan fingerprint density at radius 2 is 2.08 bits per heavy atom. The molecular weight excluding hydrogens is 408 g/mol. The van der Waals surface area contributed by atoms with Crippen LogP contribution in [-0.2, 0) is 10.5 Å². The standard InChI is InChI=1S/C17H17BrN2O4S/c1-11-7-13(4-5-14(11)18)19-17(21)10-25-9-12-3-6-16(24-2)15(8-12)20(22)23/h3-8H,9-10H2,1-2H3,(H,19,21). The van der Waals surface area contributed by atoms with E-state index in [1.165, 1.54) is 24.9 Å².